The molecule has 1 aliphatic rings. The maximum absolute atomic E-state index is 11.9. The Balaban J connectivity index is 2.00. The van der Waals surface area contributed by atoms with Gasteiger partial charge in [0.25, 0.3) is 0 Å². The first-order valence-electron chi connectivity index (χ1n) is 8.58. The molecule has 0 fully saturated rings. The van der Waals surface area contributed by atoms with Crippen LogP contribution in [0.1, 0.15) is 52.2 Å². The molecule has 1 atom stereocenters. The Morgan fingerprint density at radius 1 is 1.42 bits per heavy atom. The Bertz CT molecular complexity index is 591. The second kappa shape index (κ2) is 7.01. The number of amides is 1. The minimum atomic E-state index is -0.515. The second-order valence-electron chi connectivity index (χ2n) is 8.09. The summed E-state index contributed by atoms with van der Waals surface area (Å²) >= 11 is 0. The lowest BCUT2D eigenvalue weighted by Gasteiger charge is -2.33. The molecule has 1 amide bonds. The lowest BCUT2D eigenvalue weighted by molar-refractivity contribution is 0.0505. The van der Waals surface area contributed by atoms with Gasteiger partial charge in [-0.1, -0.05) is 12.1 Å². The number of carbonyl (C=O) groups excluding carboxylic acids is 1. The maximum Gasteiger partial charge on any atom is 0.407 e. The highest BCUT2D eigenvalue weighted by Crippen LogP contribution is 2.33. The highest BCUT2D eigenvalue weighted by atomic mass is 16.6. The fraction of sp³-hybridized carbons (Fsp3) is 0.632. The molecule has 3 N–H and O–H groups in total. The van der Waals surface area contributed by atoms with Crippen LogP contribution < -0.4 is 15.8 Å². The molecule has 0 radical (unpaired) electrons. The molecule has 0 aromatic heterocycles. The Morgan fingerprint density at radius 3 is 2.75 bits per heavy atom. The molecule has 1 aliphatic heterocycles. The molecule has 0 spiro atoms. The Hall–Kier alpha value is -1.75. The van der Waals surface area contributed by atoms with Crippen LogP contribution in [0.15, 0.2) is 18.2 Å². The summed E-state index contributed by atoms with van der Waals surface area (Å²) in [5, 5.41) is 2.85. The van der Waals surface area contributed by atoms with E-state index < -0.39 is 11.7 Å². The maximum atomic E-state index is 11.9. The number of fused-ring (bicyclic) bond motifs is 1. The van der Waals surface area contributed by atoms with Gasteiger partial charge in [-0.05, 0) is 71.1 Å². The van der Waals surface area contributed by atoms with Crippen LogP contribution in [0, 0.1) is 0 Å². The number of alkyl carbamates (subject to hydrolysis) is 1. The number of benzene rings is 1. The van der Waals surface area contributed by atoms with Crippen LogP contribution in [0.4, 0.5) is 4.79 Å². The molecule has 5 heteroatoms. The van der Waals surface area contributed by atoms with Crippen LogP contribution in [-0.2, 0) is 17.6 Å². The van der Waals surface area contributed by atoms with Crippen molar-refractivity contribution in [2.75, 3.05) is 6.54 Å². The van der Waals surface area contributed by atoms with Crippen molar-refractivity contribution in [1.82, 2.24) is 5.32 Å². The summed E-state index contributed by atoms with van der Waals surface area (Å²) in [5.74, 6) is 0.958. The number of aryl methyl sites for hydroxylation is 1. The van der Waals surface area contributed by atoms with Crippen molar-refractivity contribution in [2.45, 2.75) is 71.1 Å². The molecule has 0 bridgehead atoms. The first-order chi connectivity index (χ1) is 11.1. The standard InChI is InChI=1S/C19H30N2O3/c1-18(2,3)24-17(22)21-15(12-20)11-13-6-7-16-14(10-13)8-9-19(4,5)23-16/h6-7,10,15H,8-9,11-12,20H2,1-5H3,(H,21,22). The van der Waals surface area contributed by atoms with Gasteiger partial charge in [-0.15, -0.1) is 0 Å². The van der Waals surface area contributed by atoms with Crippen LogP contribution in [-0.4, -0.2) is 29.9 Å². The molecule has 1 aromatic carbocycles. The average molecular weight is 334 g/mol. The van der Waals surface area contributed by atoms with Crippen LogP contribution in [0.2, 0.25) is 0 Å². The van der Waals surface area contributed by atoms with Gasteiger partial charge in [0.05, 0.1) is 0 Å². The van der Waals surface area contributed by atoms with Gasteiger partial charge >= 0.3 is 6.09 Å². The highest BCUT2D eigenvalue weighted by Gasteiger charge is 2.26. The largest absolute Gasteiger partial charge is 0.488 e. The van der Waals surface area contributed by atoms with E-state index in [1.54, 1.807) is 0 Å². The molecule has 1 aromatic rings. The molecular weight excluding hydrogens is 304 g/mol. The van der Waals surface area contributed by atoms with E-state index in [1.807, 2.05) is 32.9 Å². The molecule has 134 valence electrons. The van der Waals surface area contributed by atoms with E-state index in [9.17, 15) is 4.79 Å². The van der Waals surface area contributed by atoms with E-state index in [4.69, 9.17) is 15.2 Å². The summed E-state index contributed by atoms with van der Waals surface area (Å²) in [6.45, 7) is 10.1. The summed E-state index contributed by atoms with van der Waals surface area (Å²) in [5.41, 5.74) is 7.56. The van der Waals surface area contributed by atoms with Gasteiger partial charge in [0, 0.05) is 12.6 Å². The van der Waals surface area contributed by atoms with Crippen molar-refractivity contribution in [2.24, 2.45) is 5.73 Å². The summed E-state index contributed by atoms with van der Waals surface area (Å²) in [6, 6.07) is 6.06. The fourth-order valence-corrected chi connectivity index (χ4v) is 2.79. The van der Waals surface area contributed by atoms with E-state index in [1.165, 1.54) is 5.56 Å². The number of nitrogens with one attached hydrogen (secondary N) is 1. The smallest absolute Gasteiger partial charge is 0.407 e. The zero-order valence-corrected chi connectivity index (χ0v) is 15.4. The molecule has 0 saturated carbocycles. The van der Waals surface area contributed by atoms with Gasteiger partial charge < -0.3 is 20.5 Å². The molecule has 2 rings (SSSR count). The van der Waals surface area contributed by atoms with Crippen LogP contribution in [0.3, 0.4) is 0 Å². The van der Waals surface area contributed by atoms with Crippen LogP contribution in [0.25, 0.3) is 0 Å². The lowest BCUT2D eigenvalue weighted by Crippen LogP contribution is -2.44. The molecule has 1 heterocycles. The lowest BCUT2D eigenvalue weighted by atomic mass is 9.92. The van der Waals surface area contributed by atoms with Gasteiger partial charge in [0.1, 0.15) is 17.0 Å². The van der Waals surface area contributed by atoms with Crippen molar-refractivity contribution >= 4 is 6.09 Å². The third kappa shape index (κ3) is 5.41. The van der Waals surface area contributed by atoms with E-state index in [0.717, 1.165) is 24.2 Å². The molecule has 5 nitrogen and oxygen atoms in total. The summed E-state index contributed by atoms with van der Waals surface area (Å²) < 4.78 is 11.3. The Kier molecular flexibility index (Phi) is 5.43. The van der Waals surface area contributed by atoms with E-state index in [2.05, 4.69) is 25.2 Å². The second-order valence-corrected chi connectivity index (χ2v) is 8.09. The summed E-state index contributed by atoms with van der Waals surface area (Å²) in [4.78, 5) is 11.9. The van der Waals surface area contributed by atoms with Gasteiger partial charge in [0.2, 0.25) is 0 Å². The highest BCUT2D eigenvalue weighted by molar-refractivity contribution is 5.68. The van der Waals surface area contributed by atoms with Crippen molar-refractivity contribution in [3.05, 3.63) is 29.3 Å². The van der Waals surface area contributed by atoms with Crippen molar-refractivity contribution in [3.8, 4) is 5.75 Å². The average Bonchev–Trinajstić information content (AvgIpc) is 2.44. The van der Waals surface area contributed by atoms with Crippen molar-refractivity contribution < 1.29 is 14.3 Å². The van der Waals surface area contributed by atoms with Gasteiger partial charge in [-0.2, -0.15) is 0 Å². The normalized spacial score (nSPS) is 17.4. The van der Waals surface area contributed by atoms with E-state index >= 15 is 0 Å². The zero-order valence-electron chi connectivity index (χ0n) is 15.4. The molecule has 24 heavy (non-hydrogen) atoms. The van der Waals surface area contributed by atoms with Crippen molar-refractivity contribution in [1.29, 1.82) is 0 Å². The van der Waals surface area contributed by atoms with Gasteiger partial charge in [0.15, 0.2) is 0 Å². The zero-order chi connectivity index (χ0) is 18.0. The van der Waals surface area contributed by atoms with Gasteiger partial charge in [-0.25, -0.2) is 4.79 Å². The first-order valence-corrected chi connectivity index (χ1v) is 8.58. The number of hydrogen-bond donors (Lipinski definition) is 2. The summed E-state index contributed by atoms with van der Waals surface area (Å²) in [6.07, 6.45) is 2.25. The van der Waals surface area contributed by atoms with Crippen LogP contribution in [0.5, 0.6) is 5.75 Å². The van der Waals surface area contributed by atoms with E-state index in [0.29, 0.717) is 13.0 Å². The minimum Gasteiger partial charge on any atom is -0.488 e. The van der Waals surface area contributed by atoms with Crippen molar-refractivity contribution in [3.63, 3.8) is 0 Å². The molecule has 0 saturated heterocycles. The summed E-state index contributed by atoms with van der Waals surface area (Å²) in [7, 11) is 0. The predicted octanol–water partition coefficient (Wildman–Crippen LogP) is 3.18. The number of ether oxygens (including phenoxy) is 2. The number of rotatable bonds is 4. The van der Waals surface area contributed by atoms with Crippen LogP contribution >= 0.6 is 0 Å². The number of nitrogens with two attached hydrogens (primary N) is 1. The first kappa shape index (κ1) is 18.6. The number of carbonyl (C=O) groups is 1. The Morgan fingerprint density at radius 2 is 2.12 bits per heavy atom. The molecular formula is C19H30N2O3. The predicted molar refractivity (Wildman–Crippen MR) is 95.4 cm³/mol. The third-order valence-corrected chi connectivity index (χ3v) is 4.00. The fourth-order valence-electron chi connectivity index (χ4n) is 2.79. The van der Waals surface area contributed by atoms with E-state index in [-0.39, 0.29) is 11.6 Å². The van der Waals surface area contributed by atoms with Gasteiger partial charge in [-0.3, -0.25) is 0 Å². The minimum absolute atomic E-state index is 0.105. The topological polar surface area (TPSA) is 73.6 Å². The monoisotopic (exact) mass is 334 g/mol. The SMILES string of the molecule is CC(C)(C)OC(=O)NC(CN)Cc1ccc2c(c1)CCC(C)(C)O2. The molecule has 1 unspecified atom stereocenters. The Labute approximate surface area is 144 Å². The molecule has 0 aliphatic carbocycles. The number of hydrogen-bond acceptors (Lipinski definition) is 4. The quantitative estimate of drug-likeness (QED) is 0.887. The third-order valence-electron chi connectivity index (χ3n) is 4.00.